The van der Waals surface area contributed by atoms with Crippen molar-refractivity contribution < 1.29 is 9.53 Å². The second-order valence-electron chi connectivity index (χ2n) is 7.55. The summed E-state index contributed by atoms with van der Waals surface area (Å²) in [5.41, 5.74) is 0.979. The normalized spacial score (nSPS) is 28.5. The van der Waals surface area contributed by atoms with Crippen LogP contribution in [0.5, 0.6) is 0 Å². The number of nitrogens with zero attached hydrogens (tertiary/aromatic N) is 1. The van der Waals surface area contributed by atoms with Gasteiger partial charge in [-0.05, 0) is 57.5 Å². The molecule has 2 unspecified atom stereocenters. The molecule has 1 N–H and O–H groups in total. The van der Waals surface area contributed by atoms with Crippen LogP contribution in [-0.4, -0.2) is 36.2 Å². The van der Waals surface area contributed by atoms with Crippen LogP contribution in [0, 0.1) is 5.92 Å². The molecule has 1 fully saturated rings. The van der Waals surface area contributed by atoms with Gasteiger partial charge in [0.15, 0.2) is 0 Å². The van der Waals surface area contributed by atoms with E-state index in [2.05, 4.69) is 23.7 Å². The molecule has 1 aromatic heterocycles. The molecule has 22 heavy (non-hydrogen) atoms. The van der Waals surface area contributed by atoms with E-state index in [0.29, 0.717) is 5.92 Å². The van der Waals surface area contributed by atoms with Crippen molar-refractivity contribution >= 4 is 17.4 Å². The summed E-state index contributed by atoms with van der Waals surface area (Å²) >= 11 is 1.86. The predicted molar refractivity (Wildman–Crippen MR) is 89.3 cm³/mol. The molecule has 0 aromatic carbocycles. The maximum absolute atomic E-state index is 12.3. The van der Waals surface area contributed by atoms with Crippen LogP contribution in [0.4, 0.5) is 4.79 Å². The van der Waals surface area contributed by atoms with Gasteiger partial charge in [0, 0.05) is 36.0 Å². The van der Waals surface area contributed by atoms with Crippen molar-refractivity contribution in [2.45, 2.75) is 51.7 Å². The van der Waals surface area contributed by atoms with Crippen molar-refractivity contribution in [2.75, 3.05) is 19.6 Å². The highest BCUT2D eigenvalue weighted by molar-refractivity contribution is 7.10. The predicted octanol–water partition coefficient (Wildman–Crippen LogP) is 3.37. The summed E-state index contributed by atoms with van der Waals surface area (Å²) in [5.74, 6) is 0.439. The number of rotatable bonds is 1. The zero-order chi connectivity index (χ0) is 16.0. The Kier molecular flexibility index (Phi) is 3.98. The molecule has 2 atom stereocenters. The quantitative estimate of drug-likeness (QED) is 0.862. The number of hydrogen-bond donors (Lipinski definition) is 1. The smallest absolute Gasteiger partial charge is 0.410 e. The first-order valence-corrected chi connectivity index (χ1v) is 8.97. The average Bonchev–Trinajstić information content (AvgIpc) is 3.07. The Balaban J connectivity index is 1.72. The number of amides is 1. The van der Waals surface area contributed by atoms with Gasteiger partial charge in [0.2, 0.25) is 0 Å². The number of hydrogen-bond acceptors (Lipinski definition) is 4. The van der Waals surface area contributed by atoms with E-state index < -0.39 is 5.60 Å². The van der Waals surface area contributed by atoms with Crippen LogP contribution < -0.4 is 5.32 Å². The number of nitrogens with one attached hydrogen (secondary N) is 1. The van der Waals surface area contributed by atoms with Crippen LogP contribution in [0.2, 0.25) is 0 Å². The van der Waals surface area contributed by atoms with Gasteiger partial charge >= 0.3 is 6.09 Å². The fraction of sp³-hybridized carbons (Fsp3) is 0.706. The van der Waals surface area contributed by atoms with E-state index >= 15 is 0 Å². The minimum Gasteiger partial charge on any atom is -0.444 e. The molecule has 4 nitrogen and oxygen atoms in total. The zero-order valence-corrected chi connectivity index (χ0v) is 14.8. The third-order valence-corrected chi connectivity index (χ3v) is 5.79. The van der Waals surface area contributed by atoms with E-state index in [1.54, 1.807) is 0 Å². The minimum atomic E-state index is -0.428. The van der Waals surface area contributed by atoms with Crippen molar-refractivity contribution in [1.29, 1.82) is 0 Å². The molecule has 3 rings (SSSR count). The van der Waals surface area contributed by atoms with Crippen LogP contribution in [0.3, 0.4) is 0 Å². The molecule has 1 aromatic rings. The second-order valence-corrected chi connectivity index (χ2v) is 8.55. The molecule has 2 aliphatic rings. The minimum absolute atomic E-state index is 0.0235. The van der Waals surface area contributed by atoms with Crippen molar-refractivity contribution in [3.8, 4) is 0 Å². The summed E-state index contributed by atoms with van der Waals surface area (Å²) in [6.45, 7) is 10.6. The molecule has 2 aliphatic heterocycles. The largest absolute Gasteiger partial charge is 0.444 e. The molecule has 1 saturated heterocycles. The van der Waals surface area contributed by atoms with Gasteiger partial charge < -0.3 is 15.0 Å². The van der Waals surface area contributed by atoms with Crippen molar-refractivity contribution in [3.63, 3.8) is 0 Å². The van der Waals surface area contributed by atoms with E-state index in [4.69, 9.17) is 4.74 Å². The molecule has 0 radical (unpaired) electrons. The Labute approximate surface area is 136 Å². The molecular weight excluding hydrogens is 296 g/mol. The van der Waals surface area contributed by atoms with E-state index in [-0.39, 0.29) is 11.6 Å². The van der Waals surface area contributed by atoms with E-state index in [0.717, 1.165) is 32.5 Å². The summed E-state index contributed by atoms with van der Waals surface area (Å²) in [4.78, 5) is 15.6. The standard InChI is InChI=1S/C17H26N2O2S/c1-16(2,3)21-15(20)19-9-6-12(11-19)17(4)13-7-10-22-14(13)5-8-18-17/h7,10,12,18H,5-6,8-9,11H2,1-4H3. The Morgan fingerprint density at radius 2 is 2.27 bits per heavy atom. The van der Waals surface area contributed by atoms with Crippen LogP contribution in [-0.2, 0) is 16.7 Å². The lowest BCUT2D eigenvalue weighted by atomic mass is 9.77. The van der Waals surface area contributed by atoms with Crippen LogP contribution in [0.1, 0.15) is 44.6 Å². The Morgan fingerprint density at radius 3 is 3.00 bits per heavy atom. The first-order valence-electron chi connectivity index (χ1n) is 8.09. The van der Waals surface area contributed by atoms with Gasteiger partial charge in [0.25, 0.3) is 0 Å². The van der Waals surface area contributed by atoms with E-state index in [9.17, 15) is 4.79 Å². The van der Waals surface area contributed by atoms with E-state index in [1.807, 2.05) is 37.0 Å². The Morgan fingerprint density at radius 1 is 1.50 bits per heavy atom. The fourth-order valence-electron chi connectivity index (χ4n) is 3.62. The third-order valence-electron chi connectivity index (χ3n) is 4.81. The Bertz CT molecular complexity index is 563. The summed E-state index contributed by atoms with van der Waals surface area (Å²) in [7, 11) is 0. The average molecular weight is 322 g/mol. The van der Waals surface area contributed by atoms with Gasteiger partial charge in [-0.3, -0.25) is 0 Å². The van der Waals surface area contributed by atoms with Crippen LogP contribution in [0.15, 0.2) is 11.4 Å². The van der Waals surface area contributed by atoms with E-state index in [1.165, 1.54) is 10.4 Å². The highest BCUT2D eigenvalue weighted by Gasteiger charge is 2.44. The van der Waals surface area contributed by atoms with Crippen molar-refractivity contribution in [2.24, 2.45) is 5.92 Å². The number of thiophene rings is 1. The number of carbonyl (C=O) groups excluding carboxylic acids is 1. The van der Waals surface area contributed by atoms with Gasteiger partial charge in [-0.1, -0.05) is 0 Å². The molecule has 1 amide bonds. The van der Waals surface area contributed by atoms with Crippen LogP contribution >= 0.6 is 11.3 Å². The third kappa shape index (κ3) is 2.88. The van der Waals surface area contributed by atoms with Gasteiger partial charge in [0.1, 0.15) is 5.60 Å². The topological polar surface area (TPSA) is 41.6 Å². The lowest BCUT2D eigenvalue weighted by Crippen LogP contribution is -2.50. The molecule has 0 aliphatic carbocycles. The summed E-state index contributed by atoms with van der Waals surface area (Å²) in [6, 6.07) is 2.25. The number of carbonyl (C=O) groups is 1. The number of fused-ring (bicyclic) bond motifs is 1. The van der Waals surface area contributed by atoms with Gasteiger partial charge in [0.05, 0.1) is 0 Å². The molecule has 0 spiro atoms. The maximum atomic E-state index is 12.3. The highest BCUT2D eigenvalue weighted by atomic mass is 32.1. The molecule has 3 heterocycles. The summed E-state index contributed by atoms with van der Waals surface area (Å²) in [6.07, 6.45) is 1.96. The van der Waals surface area contributed by atoms with Gasteiger partial charge in [-0.15, -0.1) is 11.3 Å². The molecule has 122 valence electrons. The zero-order valence-electron chi connectivity index (χ0n) is 13.9. The lowest BCUT2D eigenvalue weighted by Gasteiger charge is -2.40. The summed E-state index contributed by atoms with van der Waals surface area (Å²) < 4.78 is 5.51. The van der Waals surface area contributed by atoms with Crippen molar-refractivity contribution in [3.05, 3.63) is 21.9 Å². The first kappa shape index (κ1) is 15.8. The monoisotopic (exact) mass is 322 g/mol. The van der Waals surface area contributed by atoms with Crippen molar-refractivity contribution in [1.82, 2.24) is 10.2 Å². The molecule has 0 saturated carbocycles. The molecule has 5 heteroatoms. The summed E-state index contributed by atoms with van der Waals surface area (Å²) in [5, 5.41) is 5.91. The van der Waals surface area contributed by atoms with Crippen LogP contribution in [0.25, 0.3) is 0 Å². The highest BCUT2D eigenvalue weighted by Crippen LogP contribution is 2.41. The molecular formula is C17H26N2O2S. The second kappa shape index (κ2) is 5.53. The lowest BCUT2D eigenvalue weighted by molar-refractivity contribution is 0.0279. The fourth-order valence-corrected chi connectivity index (χ4v) is 4.61. The number of ether oxygens (including phenoxy) is 1. The SMILES string of the molecule is CC(C)(C)OC(=O)N1CCC(C2(C)NCCc3sccc32)C1. The van der Waals surface area contributed by atoms with Gasteiger partial charge in [-0.25, -0.2) is 4.79 Å². The van der Waals surface area contributed by atoms with Gasteiger partial charge in [-0.2, -0.15) is 0 Å². The first-order chi connectivity index (χ1) is 10.3. The molecule has 0 bridgehead atoms. The Hall–Kier alpha value is -1.07. The number of likely N-dealkylation sites (tertiary alicyclic amines) is 1. The maximum Gasteiger partial charge on any atom is 0.410 e.